The molecule has 140 valence electrons. The number of aldehydes is 1. The summed E-state index contributed by atoms with van der Waals surface area (Å²) in [5.74, 6) is -0.650. The van der Waals surface area contributed by atoms with Crippen molar-refractivity contribution in [2.75, 3.05) is 6.61 Å². The molecule has 3 N–H and O–H groups in total. The molecule has 8 heteroatoms. The van der Waals surface area contributed by atoms with E-state index < -0.39 is 5.78 Å². The molecule has 2 aromatic heterocycles. The summed E-state index contributed by atoms with van der Waals surface area (Å²) in [5.41, 5.74) is 8.85. The summed E-state index contributed by atoms with van der Waals surface area (Å²) in [4.78, 5) is 27.4. The van der Waals surface area contributed by atoms with E-state index in [4.69, 9.17) is 0 Å². The lowest BCUT2D eigenvalue weighted by Gasteiger charge is -2.15. The molecule has 1 aliphatic heterocycles. The van der Waals surface area contributed by atoms with Crippen LogP contribution in [0, 0.1) is 0 Å². The van der Waals surface area contributed by atoms with Crippen LogP contribution in [-0.4, -0.2) is 38.5 Å². The summed E-state index contributed by atoms with van der Waals surface area (Å²) in [6.45, 7) is 0.285. The number of nitrogens with one attached hydrogen (secondary N) is 2. The number of hydrogen-bond donors (Lipinski definition) is 3. The molecule has 0 amide bonds. The molecule has 0 spiro atoms. The summed E-state index contributed by atoms with van der Waals surface area (Å²) in [5, 5.41) is 15.3. The Morgan fingerprint density at radius 1 is 1.18 bits per heavy atom. The number of pyridine rings is 1. The van der Waals surface area contributed by atoms with Crippen LogP contribution in [0.15, 0.2) is 48.9 Å². The number of carbonyl (C=O) groups is 2. The van der Waals surface area contributed by atoms with Crippen molar-refractivity contribution in [3.8, 4) is 22.4 Å². The van der Waals surface area contributed by atoms with Crippen molar-refractivity contribution in [1.29, 1.82) is 0 Å². The Bertz CT molecular complexity index is 1170. The van der Waals surface area contributed by atoms with E-state index in [0.717, 1.165) is 21.9 Å². The standard InChI is InChI=1S/C20H17N5O3/c26-9-8-25-11-16(19(24-25)13-4-6-21-7-5-13)15-3-1-2-14-10-22-23-20(18(14)15)17(28)12-27/h1-7,10-12,22-23,26H,8-9H2. The smallest absolute Gasteiger partial charge is 0.243 e. The molecule has 0 aliphatic carbocycles. The van der Waals surface area contributed by atoms with Crippen LogP contribution < -0.4 is 21.3 Å². The Hall–Kier alpha value is -3.78. The van der Waals surface area contributed by atoms with Gasteiger partial charge in [-0.15, -0.1) is 0 Å². The normalized spacial score (nSPS) is 12.4. The highest BCUT2D eigenvalue weighted by Crippen LogP contribution is 2.29. The second kappa shape index (κ2) is 7.45. The Kier molecular flexibility index (Phi) is 4.69. The number of hydrazine groups is 1. The van der Waals surface area contributed by atoms with Crippen molar-refractivity contribution < 1.29 is 14.7 Å². The van der Waals surface area contributed by atoms with Gasteiger partial charge >= 0.3 is 0 Å². The summed E-state index contributed by atoms with van der Waals surface area (Å²) in [6.07, 6.45) is 7.20. The third kappa shape index (κ3) is 3.06. The van der Waals surface area contributed by atoms with Gasteiger partial charge in [0.2, 0.25) is 5.78 Å². The fraction of sp³-hybridized carbons (Fsp3) is 0.100. The van der Waals surface area contributed by atoms with Gasteiger partial charge in [0.05, 0.1) is 13.2 Å². The first-order valence-electron chi connectivity index (χ1n) is 8.66. The maximum atomic E-state index is 12.2. The van der Waals surface area contributed by atoms with Crippen LogP contribution in [0.5, 0.6) is 0 Å². The summed E-state index contributed by atoms with van der Waals surface area (Å²) in [7, 11) is 0. The molecule has 0 atom stereocenters. The number of aromatic nitrogens is 3. The van der Waals surface area contributed by atoms with Gasteiger partial charge in [-0.2, -0.15) is 5.10 Å². The SMILES string of the molecule is O=CC(=O)C1=c2c(-c3cn(CCO)nc3-c3ccncc3)cccc2=CNN1. The van der Waals surface area contributed by atoms with Crippen molar-refractivity contribution in [2.45, 2.75) is 6.54 Å². The minimum Gasteiger partial charge on any atom is -0.394 e. The summed E-state index contributed by atoms with van der Waals surface area (Å²) >= 11 is 0. The van der Waals surface area contributed by atoms with Gasteiger partial charge in [0.1, 0.15) is 11.4 Å². The molecular formula is C20H17N5O3. The monoisotopic (exact) mass is 375 g/mol. The molecule has 28 heavy (non-hydrogen) atoms. The number of nitrogens with zero attached hydrogens (tertiary/aromatic N) is 3. The van der Waals surface area contributed by atoms with E-state index in [1.54, 1.807) is 23.3 Å². The molecule has 0 saturated carbocycles. The first kappa shape index (κ1) is 17.6. The molecule has 0 unspecified atom stereocenters. The van der Waals surface area contributed by atoms with E-state index in [-0.39, 0.29) is 18.6 Å². The predicted molar refractivity (Wildman–Crippen MR) is 102 cm³/mol. The highest BCUT2D eigenvalue weighted by atomic mass is 16.3. The zero-order valence-electron chi connectivity index (χ0n) is 14.8. The molecule has 3 aromatic rings. The zero-order valence-corrected chi connectivity index (χ0v) is 14.8. The number of aliphatic hydroxyl groups is 1. The number of benzene rings is 1. The number of Topliss-reactive ketones (excluding diaryl/α,β-unsaturated/α-hetero) is 1. The van der Waals surface area contributed by atoms with E-state index >= 15 is 0 Å². The summed E-state index contributed by atoms with van der Waals surface area (Å²) < 4.78 is 1.66. The third-order valence-corrected chi connectivity index (χ3v) is 4.46. The number of carbonyl (C=O) groups excluding carboxylic acids is 2. The highest BCUT2D eigenvalue weighted by Gasteiger charge is 2.19. The quantitative estimate of drug-likeness (QED) is 0.387. The molecule has 8 nitrogen and oxygen atoms in total. The van der Waals surface area contributed by atoms with Gasteiger partial charge in [0.15, 0.2) is 6.29 Å². The van der Waals surface area contributed by atoms with Crippen LogP contribution in [0.25, 0.3) is 34.3 Å². The average molecular weight is 375 g/mol. The molecule has 0 fully saturated rings. The second-order valence-corrected chi connectivity index (χ2v) is 6.15. The number of ketones is 1. The van der Waals surface area contributed by atoms with Gasteiger partial charge in [-0.3, -0.25) is 24.7 Å². The van der Waals surface area contributed by atoms with Crippen molar-refractivity contribution in [3.63, 3.8) is 0 Å². The highest BCUT2D eigenvalue weighted by molar-refractivity contribution is 6.43. The molecule has 0 bridgehead atoms. The third-order valence-electron chi connectivity index (χ3n) is 4.46. The van der Waals surface area contributed by atoms with Gasteiger partial charge in [-0.1, -0.05) is 18.2 Å². The lowest BCUT2D eigenvalue weighted by molar-refractivity contribution is -0.126. The molecule has 1 aliphatic rings. The first-order valence-corrected chi connectivity index (χ1v) is 8.66. The molecule has 3 heterocycles. The molecule has 1 aromatic carbocycles. The molecule has 0 saturated heterocycles. The molecule has 0 radical (unpaired) electrons. The van der Waals surface area contributed by atoms with Gasteiger partial charge in [-0.25, -0.2) is 0 Å². The maximum absolute atomic E-state index is 12.2. The van der Waals surface area contributed by atoms with Gasteiger partial charge in [-0.05, 0) is 17.7 Å². The number of aliphatic hydroxyl groups excluding tert-OH is 1. The van der Waals surface area contributed by atoms with Crippen LogP contribution in [0.1, 0.15) is 0 Å². The first-order chi connectivity index (χ1) is 13.7. The van der Waals surface area contributed by atoms with Crippen LogP contribution in [0.4, 0.5) is 0 Å². The van der Waals surface area contributed by atoms with Crippen LogP contribution in [0.3, 0.4) is 0 Å². The fourth-order valence-electron chi connectivity index (χ4n) is 3.24. The lowest BCUT2D eigenvalue weighted by atomic mass is 9.97. The Morgan fingerprint density at radius 2 is 2.00 bits per heavy atom. The van der Waals surface area contributed by atoms with Crippen LogP contribution >= 0.6 is 0 Å². The van der Waals surface area contributed by atoms with Crippen LogP contribution in [0.2, 0.25) is 0 Å². The largest absolute Gasteiger partial charge is 0.394 e. The number of hydrogen-bond acceptors (Lipinski definition) is 7. The van der Waals surface area contributed by atoms with E-state index in [1.807, 2.05) is 36.5 Å². The lowest BCUT2D eigenvalue weighted by Crippen LogP contribution is -2.46. The number of fused-ring (bicyclic) bond motifs is 1. The van der Waals surface area contributed by atoms with Gasteiger partial charge < -0.3 is 10.5 Å². The predicted octanol–water partition coefficient (Wildman–Crippen LogP) is -0.674. The van der Waals surface area contributed by atoms with E-state index in [1.165, 1.54) is 0 Å². The van der Waals surface area contributed by atoms with E-state index in [2.05, 4.69) is 20.9 Å². The number of rotatable bonds is 6. The topological polar surface area (TPSA) is 109 Å². The minimum absolute atomic E-state index is 0.0515. The Balaban J connectivity index is 2.05. The Morgan fingerprint density at radius 3 is 2.75 bits per heavy atom. The fourth-order valence-corrected chi connectivity index (χ4v) is 3.24. The molecule has 4 rings (SSSR count). The van der Waals surface area contributed by atoms with E-state index in [0.29, 0.717) is 17.5 Å². The summed E-state index contributed by atoms with van der Waals surface area (Å²) in [6, 6.07) is 9.30. The van der Waals surface area contributed by atoms with Crippen molar-refractivity contribution in [3.05, 3.63) is 59.4 Å². The van der Waals surface area contributed by atoms with Crippen LogP contribution in [-0.2, 0) is 16.1 Å². The maximum Gasteiger partial charge on any atom is 0.243 e. The second-order valence-electron chi connectivity index (χ2n) is 6.15. The molecular weight excluding hydrogens is 358 g/mol. The van der Waals surface area contributed by atoms with E-state index in [9.17, 15) is 14.7 Å². The average Bonchev–Trinajstić information content (AvgIpc) is 3.17. The van der Waals surface area contributed by atoms with Crippen molar-refractivity contribution >= 4 is 24.0 Å². The van der Waals surface area contributed by atoms with Gasteiger partial charge in [0, 0.05) is 46.4 Å². The Labute approximate surface area is 159 Å². The van der Waals surface area contributed by atoms with Gasteiger partial charge in [0.25, 0.3) is 0 Å². The van der Waals surface area contributed by atoms with Crippen molar-refractivity contribution in [1.82, 2.24) is 25.6 Å². The van der Waals surface area contributed by atoms with Crippen molar-refractivity contribution in [2.24, 2.45) is 0 Å². The zero-order chi connectivity index (χ0) is 19.5. The minimum atomic E-state index is -0.650.